The van der Waals surface area contributed by atoms with Crippen molar-refractivity contribution in [3.05, 3.63) is 49.3 Å². The van der Waals surface area contributed by atoms with E-state index in [0.29, 0.717) is 23.1 Å². The molecule has 0 aliphatic heterocycles. The zero-order valence-electron chi connectivity index (χ0n) is 15.3. The Hall–Kier alpha value is -1.90. The minimum Gasteiger partial charge on any atom is -0.378 e. The molecule has 0 saturated heterocycles. The van der Waals surface area contributed by atoms with Gasteiger partial charge in [-0.2, -0.15) is 0 Å². The average molecular weight is 325 g/mol. The van der Waals surface area contributed by atoms with E-state index < -0.39 is 0 Å². The molecule has 1 aliphatic rings. The topological polar surface area (TPSA) is 46.2 Å². The minimum atomic E-state index is -0.354. The van der Waals surface area contributed by atoms with Crippen LogP contribution in [0.5, 0.6) is 0 Å². The van der Waals surface area contributed by atoms with Gasteiger partial charge < -0.3 is 5.32 Å². The highest BCUT2D eigenvalue weighted by molar-refractivity contribution is 5.84. The number of benzene rings is 1. The third-order valence-corrected chi connectivity index (χ3v) is 6.06. The Morgan fingerprint density at radius 1 is 0.917 bits per heavy atom. The number of nitrogens with one attached hydrogen (secondary N) is 1. The summed E-state index contributed by atoms with van der Waals surface area (Å²) >= 11 is 0. The van der Waals surface area contributed by atoms with Crippen LogP contribution in [-0.4, -0.2) is 6.04 Å². The first-order valence-electron chi connectivity index (χ1n) is 8.99. The van der Waals surface area contributed by atoms with Crippen molar-refractivity contribution in [2.75, 3.05) is 5.32 Å². The molecule has 0 aromatic heterocycles. The maximum Gasteiger partial charge on any atom is 0.250 e. The molecule has 1 aliphatic carbocycles. The van der Waals surface area contributed by atoms with Crippen molar-refractivity contribution in [3.8, 4) is 11.1 Å². The van der Waals surface area contributed by atoms with E-state index in [-0.39, 0.29) is 16.9 Å². The molecule has 2 aromatic carbocycles. The fraction of sp³-hybridized carbons (Fsp3) is 0.524. The Morgan fingerprint density at radius 2 is 1.58 bits per heavy atom. The predicted octanol–water partition coefficient (Wildman–Crippen LogP) is 4.11. The monoisotopic (exact) mass is 325 g/mol. The molecule has 0 unspecified atom stereocenters. The smallest absolute Gasteiger partial charge is 0.250 e. The van der Waals surface area contributed by atoms with Crippen LogP contribution in [0, 0.1) is 32.6 Å². The first-order chi connectivity index (χ1) is 11.3. The molecule has 0 amide bonds. The van der Waals surface area contributed by atoms with E-state index in [1.807, 2.05) is 19.9 Å². The predicted molar refractivity (Wildman–Crippen MR) is 101 cm³/mol. The highest BCUT2D eigenvalue weighted by Gasteiger charge is 2.31. The zero-order chi connectivity index (χ0) is 17.6. The molecule has 1 fully saturated rings. The molecule has 3 atom stereocenters. The second-order valence-corrected chi connectivity index (χ2v) is 7.68. The van der Waals surface area contributed by atoms with Gasteiger partial charge >= 0.3 is 0 Å². The van der Waals surface area contributed by atoms with Gasteiger partial charge in [0.05, 0.1) is 11.3 Å². The molecule has 0 spiro atoms. The van der Waals surface area contributed by atoms with Gasteiger partial charge in [-0.1, -0.05) is 38.8 Å². The van der Waals surface area contributed by atoms with Crippen molar-refractivity contribution in [1.82, 2.24) is 0 Å². The second-order valence-electron chi connectivity index (χ2n) is 7.68. The normalized spacial score (nSPS) is 24.3. The molecule has 1 saturated carbocycles. The Morgan fingerprint density at radius 3 is 2.29 bits per heavy atom. The first kappa shape index (κ1) is 16.9. The first-order valence-corrected chi connectivity index (χ1v) is 8.99. The summed E-state index contributed by atoms with van der Waals surface area (Å²) in [5, 5.41) is 3.43. The van der Waals surface area contributed by atoms with Gasteiger partial charge in [0.2, 0.25) is 10.9 Å². The molecule has 2 aromatic rings. The van der Waals surface area contributed by atoms with Crippen LogP contribution in [0.15, 0.2) is 21.7 Å². The molecule has 128 valence electrons. The van der Waals surface area contributed by atoms with Gasteiger partial charge in [0.15, 0.2) is 0 Å². The molecule has 0 bridgehead atoms. The Bertz CT molecular complexity index is 842. The van der Waals surface area contributed by atoms with E-state index in [2.05, 4.69) is 32.2 Å². The largest absolute Gasteiger partial charge is 0.378 e. The number of rotatable bonds is 3. The number of hydrogen-bond donors (Lipinski definition) is 1. The molecule has 0 radical (unpaired) electrons. The van der Waals surface area contributed by atoms with Crippen molar-refractivity contribution in [1.29, 1.82) is 0 Å². The standard InChI is InChI=1S/C21H27NO2/c1-11-7-6-8-17(15(11)5)22-19-18(20(23)21(19)24)16-10-13(3)12(2)9-14(16)4/h9-11,15,17,22H,6-8H2,1-5H3/t11-,15-,17+/m0/s1. The van der Waals surface area contributed by atoms with Crippen LogP contribution in [0.2, 0.25) is 0 Å². The molecule has 3 heteroatoms. The van der Waals surface area contributed by atoms with E-state index in [0.717, 1.165) is 23.1 Å². The van der Waals surface area contributed by atoms with Gasteiger partial charge in [0.25, 0.3) is 0 Å². The number of hydrogen-bond acceptors (Lipinski definition) is 3. The van der Waals surface area contributed by atoms with Gasteiger partial charge in [-0.15, -0.1) is 0 Å². The summed E-state index contributed by atoms with van der Waals surface area (Å²) in [7, 11) is 0. The molecule has 3 nitrogen and oxygen atoms in total. The highest BCUT2D eigenvalue weighted by Crippen LogP contribution is 2.34. The van der Waals surface area contributed by atoms with Gasteiger partial charge in [0, 0.05) is 6.04 Å². The van der Waals surface area contributed by atoms with E-state index >= 15 is 0 Å². The molecular weight excluding hydrogens is 298 g/mol. The lowest BCUT2D eigenvalue weighted by Gasteiger charge is -2.35. The fourth-order valence-electron chi connectivity index (χ4n) is 3.99. The minimum absolute atomic E-state index is 0.280. The summed E-state index contributed by atoms with van der Waals surface area (Å²) in [4.78, 5) is 24.5. The van der Waals surface area contributed by atoms with Gasteiger partial charge in [-0.25, -0.2) is 0 Å². The molecule has 3 rings (SSSR count). The molecular formula is C21H27NO2. The highest BCUT2D eigenvalue weighted by atomic mass is 16.2. The van der Waals surface area contributed by atoms with Crippen molar-refractivity contribution in [2.24, 2.45) is 11.8 Å². The molecule has 24 heavy (non-hydrogen) atoms. The average Bonchev–Trinajstić information content (AvgIpc) is 2.55. The lowest BCUT2D eigenvalue weighted by molar-refractivity contribution is 0.253. The summed E-state index contributed by atoms with van der Waals surface area (Å²) in [5.74, 6) is 1.16. The molecule has 1 N–H and O–H groups in total. The molecule has 0 heterocycles. The van der Waals surface area contributed by atoms with E-state index in [1.54, 1.807) is 0 Å². The van der Waals surface area contributed by atoms with Crippen LogP contribution in [0.25, 0.3) is 11.1 Å². The quantitative estimate of drug-likeness (QED) is 0.864. The summed E-state index contributed by atoms with van der Waals surface area (Å²) in [6.45, 7) is 10.6. The van der Waals surface area contributed by atoms with Crippen LogP contribution in [0.1, 0.15) is 49.8 Å². The van der Waals surface area contributed by atoms with Crippen molar-refractivity contribution in [2.45, 2.75) is 59.9 Å². The van der Waals surface area contributed by atoms with Crippen molar-refractivity contribution >= 4 is 5.69 Å². The van der Waals surface area contributed by atoms with Crippen LogP contribution >= 0.6 is 0 Å². The number of anilines is 1. The Balaban J connectivity index is 1.98. The van der Waals surface area contributed by atoms with Crippen LogP contribution in [0.3, 0.4) is 0 Å². The lowest BCUT2D eigenvalue weighted by atomic mass is 9.77. The van der Waals surface area contributed by atoms with Gasteiger partial charge in [0.1, 0.15) is 0 Å². The van der Waals surface area contributed by atoms with E-state index in [9.17, 15) is 9.59 Å². The summed E-state index contributed by atoms with van der Waals surface area (Å²) < 4.78 is 0. The fourth-order valence-corrected chi connectivity index (χ4v) is 3.99. The summed E-state index contributed by atoms with van der Waals surface area (Å²) in [6, 6.07) is 4.41. The SMILES string of the molecule is Cc1cc(C)c(-c2c(N[C@@H]3CCC[C@H](C)[C@@H]3C)c(=O)c2=O)cc1C. The van der Waals surface area contributed by atoms with Gasteiger partial charge in [-0.05, 0) is 61.3 Å². The number of aryl methyl sites for hydroxylation is 3. The Kier molecular flexibility index (Phi) is 4.37. The third kappa shape index (κ3) is 2.70. The Labute approximate surface area is 143 Å². The van der Waals surface area contributed by atoms with Crippen LogP contribution in [-0.2, 0) is 0 Å². The third-order valence-electron chi connectivity index (χ3n) is 6.06. The van der Waals surface area contributed by atoms with Crippen LogP contribution in [0.4, 0.5) is 5.69 Å². The van der Waals surface area contributed by atoms with Crippen molar-refractivity contribution < 1.29 is 0 Å². The second kappa shape index (κ2) is 6.19. The summed E-state index contributed by atoms with van der Waals surface area (Å²) in [6.07, 6.45) is 3.49. The van der Waals surface area contributed by atoms with Gasteiger partial charge in [-0.3, -0.25) is 9.59 Å². The lowest BCUT2D eigenvalue weighted by Crippen LogP contribution is -2.42. The van der Waals surface area contributed by atoms with Crippen molar-refractivity contribution in [3.63, 3.8) is 0 Å². The maximum atomic E-state index is 12.3. The van der Waals surface area contributed by atoms with Crippen LogP contribution < -0.4 is 16.2 Å². The maximum absolute atomic E-state index is 12.3. The zero-order valence-corrected chi connectivity index (χ0v) is 15.3. The van der Waals surface area contributed by atoms with E-state index in [1.165, 1.54) is 18.4 Å². The van der Waals surface area contributed by atoms with E-state index in [4.69, 9.17) is 0 Å². The summed E-state index contributed by atoms with van der Waals surface area (Å²) in [5.41, 5.74) is 4.74.